The molecule has 11 nitrogen and oxygen atoms in total. The van der Waals surface area contributed by atoms with Crippen LogP contribution in [0, 0.1) is 17.5 Å². The second-order valence-electron chi connectivity index (χ2n) is 7.81. The first kappa shape index (κ1) is 25.3. The van der Waals surface area contributed by atoms with Gasteiger partial charge >= 0.3 is 13.6 Å². The monoisotopic (exact) mass is 529 g/mol. The maximum absolute atomic E-state index is 15.3. The zero-order valence-corrected chi connectivity index (χ0v) is 18.9. The van der Waals surface area contributed by atoms with Gasteiger partial charge < -0.3 is 29.8 Å². The number of hydrogen-bond acceptors (Lipinski definition) is 5. The summed E-state index contributed by atoms with van der Waals surface area (Å²) >= 11 is 0. The van der Waals surface area contributed by atoms with E-state index in [1.54, 1.807) is 0 Å². The van der Waals surface area contributed by atoms with Gasteiger partial charge in [0.1, 0.15) is 22.9 Å². The van der Waals surface area contributed by atoms with Crippen molar-refractivity contribution in [2.45, 2.75) is 12.2 Å². The standard InChI is InChI=1S/C20H16F4N5O6P/c1-29-12-4-7(19(30)26-11(20(31)32)6-36(33,34)35)2-3-10(12)25-18(29)14(24)17-27-15-9(22)5-8(21)13(23)16(15)28-17/h2-5,11,14H,6H2,1H3,(H,26,30)(H,27,28)(H,31,32)(H2,33,34,35). The maximum atomic E-state index is 15.3. The number of halogens is 4. The average Bonchev–Trinajstić information content (AvgIpc) is 3.38. The first-order valence-electron chi connectivity index (χ1n) is 9.98. The molecule has 36 heavy (non-hydrogen) atoms. The highest BCUT2D eigenvalue weighted by Gasteiger charge is 2.30. The summed E-state index contributed by atoms with van der Waals surface area (Å²) in [6.07, 6.45) is -3.27. The van der Waals surface area contributed by atoms with E-state index >= 15 is 4.39 Å². The number of carboxylic acid groups (broad SMARTS) is 1. The summed E-state index contributed by atoms with van der Waals surface area (Å²) in [5.74, 6) is -7.57. The number of benzene rings is 2. The largest absolute Gasteiger partial charge is 0.480 e. The van der Waals surface area contributed by atoms with E-state index in [1.807, 2.05) is 5.32 Å². The number of carbonyl (C=O) groups is 2. The molecule has 1 amide bonds. The Bertz CT molecular complexity index is 1580. The first-order valence-corrected chi connectivity index (χ1v) is 11.8. The number of amides is 1. The van der Waals surface area contributed by atoms with Gasteiger partial charge in [0.25, 0.3) is 5.91 Å². The third-order valence-corrected chi connectivity index (χ3v) is 6.14. The molecule has 0 aliphatic rings. The van der Waals surface area contributed by atoms with Crippen LogP contribution in [0.4, 0.5) is 17.6 Å². The molecule has 2 unspecified atom stereocenters. The van der Waals surface area contributed by atoms with Crippen LogP contribution in [0.2, 0.25) is 0 Å². The predicted molar refractivity (Wildman–Crippen MR) is 115 cm³/mol. The summed E-state index contributed by atoms with van der Waals surface area (Å²) in [6.45, 7) is 0. The van der Waals surface area contributed by atoms with Crippen molar-refractivity contribution in [3.63, 3.8) is 0 Å². The summed E-state index contributed by atoms with van der Waals surface area (Å²) in [7, 11) is -3.38. The molecule has 2 aromatic carbocycles. The number of aryl methyl sites for hydroxylation is 1. The molecule has 0 fully saturated rings. The van der Waals surface area contributed by atoms with Crippen LogP contribution in [-0.2, 0) is 16.4 Å². The Morgan fingerprint density at radius 1 is 1.17 bits per heavy atom. The molecule has 0 aliphatic heterocycles. The number of nitrogens with one attached hydrogen (secondary N) is 2. The fourth-order valence-electron chi connectivity index (χ4n) is 3.57. The number of nitrogens with zero attached hydrogens (tertiary/aromatic N) is 3. The minimum atomic E-state index is -4.76. The highest BCUT2D eigenvalue weighted by Crippen LogP contribution is 2.35. The van der Waals surface area contributed by atoms with Gasteiger partial charge in [0.2, 0.25) is 6.17 Å². The second kappa shape index (κ2) is 9.00. The third kappa shape index (κ3) is 4.67. The number of fused-ring (bicyclic) bond motifs is 2. The molecule has 0 saturated heterocycles. The molecule has 5 N–H and O–H groups in total. The number of aromatic nitrogens is 4. The van der Waals surface area contributed by atoms with Crippen LogP contribution >= 0.6 is 7.60 Å². The zero-order chi connectivity index (χ0) is 26.5. The van der Waals surface area contributed by atoms with Gasteiger partial charge in [0.15, 0.2) is 23.3 Å². The number of imidazole rings is 2. The van der Waals surface area contributed by atoms with Crippen molar-refractivity contribution < 1.29 is 46.6 Å². The quantitative estimate of drug-likeness (QED) is 0.138. The molecule has 2 aromatic heterocycles. The fourth-order valence-corrected chi connectivity index (χ4v) is 4.29. The van der Waals surface area contributed by atoms with E-state index < -0.39 is 72.2 Å². The number of alkyl halides is 1. The van der Waals surface area contributed by atoms with Crippen LogP contribution in [0.3, 0.4) is 0 Å². The first-order chi connectivity index (χ1) is 16.8. The predicted octanol–water partition coefficient (Wildman–Crippen LogP) is 2.29. The summed E-state index contributed by atoms with van der Waals surface area (Å²) in [5, 5.41) is 11.1. The van der Waals surface area contributed by atoms with E-state index in [2.05, 4.69) is 15.0 Å². The van der Waals surface area contributed by atoms with E-state index in [1.165, 1.54) is 29.8 Å². The Kier molecular flexibility index (Phi) is 6.32. The van der Waals surface area contributed by atoms with Crippen LogP contribution in [0.15, 0.2) is 24.3 Å². The van der Waals surface area contributed by atoms with Crippen molar-refractivity contribution >= 4 is 41.5 Å². The van der Waals surface area contributed by atoms with Gasteiger partial charge in [-0.2, -0.15) is 0 Å². The molecule has 4 aromatic rings. The van der Waals surface area contributed by atoms with Gasteiger partial charge in [-0.1, -0.05) is 0 Å². The number of aromatic amines is 1. The SMILES string of the molecule is Cn1c(C(F)c2nc3c(F)cc(F)c(F)c3[nH]2)nc2ccc(C(=O)NC(CP(=O)(O)O)C(=O)O)cc21. The Morgan fingerprint density at radius 2 is 1.86 bits per heavy atom. The smallest absolute Gasteiger partial charge is 0.328 e. The lowest BCUT2D eigenvalue weighted by molar-refractivity contribution is -0.138. The Hall–Kier alpha value is -3.81. The molecule has 0 radical (unpaired) electrons. The van der Waals surface area contributed by atoms with Crippen molar-refractivity contribution in [1.82, 2.24) is 24.8 Å². The number of carboxylic acids is 1. The summed E-state index contributed by atoms with van der Waals surface area (Å²) < 4.78 is 69.1. The van der Waals surface area contributed by atoms with Crippen molar-refractivity contribution in [2.75, 3.05) is 6.16 Å². The summed E-state index contributed by atoms with van der Waals surface area (Å²) in [5.41, 5.74) is -0.996. The summed E-state index contributed by atoms with van der Waals surface area (Å²) in [4.78, 5) is 51.8. The third-order valence-electron chi connectivity index (χ3n) is 5.30. The Balaban J connectivity index is 1.67. The van der Waals surface area contributed by atoms with E-state index in [4.69, 9.17) is 14.9 Å². The van der Waals surface area contributed by atoms with Gasteiger partial charge in [-0.25, -0.2) is 32.3 Å². The highest BCUT2D eigenvalue weighted by molar-refractivity contribution is 7.51. The zero-order valence-electron chi connectivity index (χ0n) is 18.0. The van der Waals surface area contributed by atoms with Crippen molar-refractivity contribution in [3.05, 3.63) is 58.9 Å². The second-order valence-corrected chi connectivity index (χ2v) is 9.50. The molecular weight excluding hydrogens is 513 g/mol. The van der Waals surface area contributed by atoms with Crippen molar-refractivity contribution in [1.29, 1.82) is 0 Å². The Morgan fingerprint density at radius 3 is 2.50 bits per heavy atom. The molecule has 16 heteroatoms. The van der Waals surface area contributed by atoms with Crippen LogP contribution in [0.5, 0.6) is 0 Å². The fraction of sp³-hybridized carbons (Fsp3) is 0.200. The number of H-pyrrole nitrogens is 1. The molecule has 4 rings (SSSR count). The van der Waals surface area contributed by atoms with Crippen LogP contribution in [-0.4, -0.2) is 58.5 Å². The molecule has 190 valence electrons. The van der Waals surface area contributed by atoms with E-state index in [9.17, 15) is 27.3 Å². The topological polar surface area (TPSA) is 170 Å². The maximum Gasteiger partial charge on any atom is 0.328 e. The molecule has 0 aliphatic carbocycles. The lowest BCUT2D eigenvalue weighted by Crippen LogP contribution is -2.43. The normalized spacial score (nSPS) is 13.8. The van der Waals surface area contributed by atoms with Gasteiger partial charge in [0.05, 0.1) is 17.2 Å². The molecule has 0 spiro atoms. The molecule has 2 atom stereocenters. The van der Waals surface area contributed by atoms with E-state index in [0.717, 1.165) is 0 Å². The van der Waals surface area contributed by atoms with Crippen LogP contribution < -0.4 is 5.32 Å². The van der Waals surface area contributed by atoms with Gasteiger partial charge in [0, 0.05) is 18.7 Å². The number of rotatable bonds is 7. The van der Waals surface area contributed by atoms with Crippen LogP contribution in [0.1, 0.15) is 28.2 Å². The van der Waals surface area contributed by atoms with E-state index in [-0.39, 0.29) is 28.5 Å². The number of carbonyl (C=O) groups excluding carboxylic acids is 1. The molecule has 2 heterocycles. The minimum Gasteiger partial charge on any atom is -0.480 e. The lowest BCUT2D eigenvalue weighted by atomic mass is 10.1. The lowest BCUT2D eigenvalue weighted by Gasteiger charge is -2.15. The summed E-state index contributed by atoms with van der Waals surface area (Å²) in [6, 6.07) is 2.19. The molecule has 0 bridgehead atoms. The van der Waals surface area contributed by atoms with Gasteiger partial charge in [-0.3, -0.25) is 9.36 Å². The number of hydrogen-bond donors (Lipinski definition) is 5. The Labute approximate surface area is 197 Å². The average molecular weight is 529 g/mol. The van der Waals surface area contributed by atoms with Crippen molar-refractivity contribution in [3.8, 4) is 0 Å². The highest BCUT2D eigenvalue weighted by atomic mass is 31.2. The molecular formula is C20H16F4N5O6P. The van der Waals surface area contributed by atoms with Gasteiger partial charge in [-0.05, 0) is 18.2 Å². The number of aliphatic carboxylic acids is 1. The van der Waals surface area contributed by atoms with Crippen LogP contribution in [0.25, 0.3) is 22.1 Å². The minimum absolute atomic E-state index is 0.118. The van der Waals surface area contributed by atoms with Crippen molar-refractivity contribution in [2.24, 2.45) is 7.05 Å². The molecule has 0 saturated carbocycles. The van der Waals surface area contributed by atoms with E-state index in [0.29, 0.717) is 0 Å². The van der Waals surface area contributed by atoms with Gasteiger partial charge in [-0.15, -0.1) is 0 Å².